The highest BCUT2D eigenvalue weighted by Crippen LogP contribution is 2.22. The van der Waals surface area contributed by atoms with Crippen LogP contribution in [0.5, 0.6) is 0 Å². The molecule has 21 heavy (non-hydrogen) atoms. The van der Waals surface area contributed by atoms with Crippen LogP contribution in [0.4, 0.5) is 10.1 Å². The molecule has 6 heteroatoms. The average Bonchev–Trinajstić information content (AvgIpc) is 2.42. The van der Waals surface area contributed by atoms with Gasteiger partial charge in [0.05, 0.1) is 5.56 Å². The number of nitrogen functional groups attached to an aromatic ring is 1. The Kier molecular flexibility index (Phi) is 4.85. The molecule has 2 aromatic carbocycles. The first-order chi connectivity index (χ1) is 9.88. The molecule has 0 aliphatic heterocycles. The number of carbonyl (C=O) groups is 1. The molecule has 0 unspecified atom stereocenters. The summed E-state index contributed by atoms with van der Waals surface area (Å²) in [6.07, 6.45) is 0. The maximum Gasteiger partial charge on any atom is 0.256 e. The van der Waals surface area contributed by atoms with Crippen molar-refractivity contribution in [1.82, 2.24) is 4.90 Å². The molecule has 0 heterocycles. The Labute approximate surface area is 135 Å². The van der Waals surface area contributed by atoms with Gasteiger partial charge < -0.3 is 10.6 Å². The summed E-state index contributed by atoms with van der Waals surface area (Å²) in [6, 6.07) is 9.38. The first-order valence-corrected chi connectivity index (χ1v) is 7.30. The van der Waals surface area contributed by atoms with Crippen molar-refractivity contribution in [3.05, 3.63) is 62.8 Å². The lowest BCUT2D eigenvalue weighted by molar-refractivity contribution is 0.0780. The van der Waals surface area contributed by atoms with Crippen molar-refractivity contribution in [2.24, 2.45) is 0 Å². The molecule has 2 N–H and O–H groups in total. The number of nitrogens with zero attached hydrogens (tertiary/aromatic N) is 1. The molecule has 3 nitrogen and oxygen atoms in total. The zero-order valence-electron chi connectivity index (χ0n) is 11.2. The Bertz CT molecular complexity index is 693. The molecule has 0 saturated heterocycles. The standard InChI is InChI=1S/C15H13BrClFN2O/c1-20(8-9-6-11(19)3-5-13(9)17)15(21)12-4-2-10(16)7-14(12)18/h2-7H,8,19H2,1H3. The molecule has 2 aromatic rings. The van der Waals surface area contributed by atoms with Crippen molar-refractivity contribution in [3.8, 4) is 0 Å². The molecule has 0 aromatic heterocycles. The Morgan fingerprint density at radius 1 is 1.33 bits per heavy atom. The topological polar surface area (TPSA) is 46.3 Å². The third-order valence-electron chi connectivity index (χ3n) is 2.99. The SMILES string of the molecule is CN(Cc1cc(N)ccc1Cl)C(=O)c1ccc(Br)cc1F. The van der Waals surface area contributed by atoms with Crippen LogP contribution in [0, 0.1) is 5.82 Å². The normalized spacial score (nSPS) is 10.5. The molecule has 110 valence electrons. The van der Waals surface area contributed by atoms with Crippen molar-refractivity contribution in [3.63, 3.8) is 0 Å². The molecule has 2 rings (SSSR count). The van der Waals surface area contributed by atoms with Crippen LogP contribution in [0.2, 0.25) is 5.02 Å². The van der Waals surface area contributed by atoms with E-state index in [1.807, 2.05) is 0 Å². The average molecular weight is 372 g/mol. The smallest absolute Gasteiger partial charge is 0.256 e. The number of carbonyl (C=O) groups excluding carboxylic acids is 1. The van der Waals surface area contributed by atoms with E-state index in [9.17, 15) is 9.18 Å². The molecule has 0 fully saturated rings. The van der Waals surface area contributed by atoms with Crippen molar-refractivity contribution in [2.75, 3.05) is 12.8 Å². The van der Waals surface area contributed by atoms with Crippen LogP contribution in [-0.2, 0) is 6.54 Å². The molecule has 0 aliphatic carbocycles. The number of hydrogen-bond donors (Lipinski definition) is 1. The summed E-state index contributed by atoms with van der Waals surface area (Å²) < 4.78 is 14.4. The van der Waals surface area contributed by atoms with Crippen LogP contribution >= 0.6 is 27.5 Å². The number of halogens is 3. The van der Waals surface area contributed by atoms with E-state index in [-0.39, 0.29) is 12.1 Å². The summed E-state index contributed by atoms with van der Waals surface area (Å²) in [5.41, 5.74) is 6.99. The highest BCUT2D eigenvalue weighted by molar-refractivity contribution is 9.10. The third-order valence-corrected chi connectivity index (χ3v) is 3.85. The van der Waals surface area contributed by atoms with Gasteiger partial charge in [-0.1, -0.05) is 27.5 Å². The molecule has 0 aliphatic rings. The van der Waals surface area contributed by atoms with Gasteiger partial charge in [-0.15, -0.1) is 0 Å². The van der Waals surface area contributed by atoms with Crippen LogP contribution < -0.4 is 5.73 Å². The second kappa shape index (κ2) is 6.45. The van der Waals surface area contributed by atoms with E-state index in [1.54, 1.807) is 31.3 Å². The van der Waals surface area contributed by atoms with Crippen molar-refractivity contribution in [2.45, 2.75) is 6.54 Å². The minimum atomic E-state index is -0.570. The molecular formula is C15H13BrClFN2O. The predicted molar refractivity (Wildman–Crippen MR) is 85.8 cm³/mol. The fraction of sp³-hybridized carbons (Fsp3) is 0.133. The zero-order valence-corrected chi connectivity index (χ0v) is 13.6. The molecule has 0 spiro atoms. The van der Waals surface area contributed by atoms with E-state index in [4.69, 9.17) is 17.3 Å². The molecule has 0 atom stereocenters. The number of benzene rings is 2. The minimum absolute atomic E-state index is 0.0146. The molecule has 1 amide bonds. The van der Waals surface area contributed by atoms with E-state index in [1.165, 1.54) is 17.0 Å². The lowest BCUT2D eigenvalue weighted by atomic mass is 10.1. The van der Waals surface area contributed by atoms with Gasteiger partial charge in [0.2, 0.25) is 0 Å². The van der Waals surface area contributed by atoms with Gasteiger partial charge in [-0.05, 0) is 42.0 Å². The molecular weight excluding hydrogens is 359 g/mol. The van der Waals surface area contributed by atoms with E-state index in [0.717, 1.165) is 0 Å². The summed E-state index contributed by atoms with van der Waals surface area (Å²) >= 11 is 9.23. The first kappa shape index (κ1) is 15.8. The molecule has 0 radical (unpaired) electrons. The monoisotopic (exact) mass is 370 g/mol. The highest BCUT2D eigenvalue weighted by Gasteiger charge is 2.17. The van der Waals surface area contributed by atoms with Gasteiger partial charge in [-0.3, -0.25) is 4.79 Å². The van der Waals surface area contributed by atoms with E-state index in [0.29, 0.717) is 20.7 Å². The summed E-state index contributed by atoms with van der Waals surface area (Å²) in [7, 11) is 1.59. The summed E-state index contributed by atoms with van der Waals surface area (Å²) in [5.74, 6) is -0.988. The van der Waals surface area contributed by atoms with Crippen molar-refractivity contribution in [1.29, 1.82) is 0 Å². The van der Waals surface area contributed by atoms with Crippen LogP contribution in [-0.4, -0.2) is 17.9 Å². The number of amides is 1. The minimum Gasteiger partial charge on any atom is -0.399 e. The van der Waals surface area contributed by atoms with E-state index in [2.05, 4.69) is 15.9 Å². The van der Waals surface area contributed by atoms with E-state index < -0.39 is 11.7 Å². The Balaban J connectivity index is 2.21. The van der Waals surface area contributed by atoms with Crippen molar-refractivity contribution >= 4 is 39.1 Å². The van der Waals surface area contributed by atoms with Crippen molar-refractivity contribution < 1.29 is 9.18 Å². The van der Waals surface area contributed by atoms with Gasteiger partial charge >= 0.3 is 0 Å². The maximum absolute atomic E-state index is 13.8. The highest BCUT2D eigenvalue weighted by atomic mass is 79.9. The van der Waals surface area contributed by atoms with Crippen LogP contribution in [0.25, 0.3) is 0 Å². The number of anilines is 1. The van der Waals surface area contributed by atoms with Gasteiger partial charge in [0.15, 0.2) is 0 Å². The quantitative estimate of drug-likeness (QED) is 0.826. The Morgan fingerprint density at radius 2 is 2.05 bits per heavy atom. The van der Waals surface area contributed by atoms with Gasteiger partial charge in [0.1, 0.15) is 5.82 Å². The summed E-state index contributed by atoms with van der Waals surface area (Å²) in [4.78, 5) is 13.7. The van der Waals surface area contributed by atoms with Gasteiger partial charge in [-0.25, -0.2) is 4.39 Å². The van der Waals surface area contributed by atoms with Crippen LogP contribution in [0.3, 0.4) is 0 Å². The lowest BCUT2D eigenvalue weighted by Crippen LogP contribution is -2.27. The van der Waals surface area contributed by atoms with Crippen LogP contribution in [0.15, 0.2) is 40.9 Å². The lowest BCUT2D eigenvalue weighted by Gasteiger charge is -2.18. The summed E-state index contributed by atoms with van der Waals surface area (Å²) in [6.45, 7) is 0.248. The Morgan fingerprint density at radius 3 is 2.71 bits per heavy atom. The van der Waals surface area contributed by atoms with Crippen LogP contribution in [0.1, 0.15) is 15.9 Å². The Hall–Kier alpha value is -1.59. The van der Waals surface area contributed by atoms with Gasteiger partial charge in [0.25, 0.3) is 5.91 Å². The fourth-order valence-electron chi connectivity index (χ4n) is 1.91. The predicted octanol–water partition coefficient (Wildman–Crippen LogP) is 4.10. The largest absolute Gasteiger partial charge is 0.399 e. The van der Waals surface area contributed by atoms with E-state index >= 15 is 0 Å². The second-order valence-electron chi connectivity index (χ2n) is 4.64. The molecule has 0 saturated carbocycles. The van der Waals surface area contributed by atoms with Gasteiger partial charge in [-0.2, -0.15) is 0 Å². The third kappa shape index (κ3) is 3.74. The maximum atomic E-state index is 13.8. The number of nitrogens with two attached hydrogens (primary N) is 1. The second-order valence-corrected chi connectivity index (χ2v) is 5.96. The number of rotatable bonds is 3. The summed E-state index contributed by atoms with van der Waals surface area (Å²) in [5, 5.41) is 0.514. The molecule has 0 bridgehead atoms. The number of hydrogen-bond acceptors (Lipinski definition) is 2. The zero-order chi connectivity index (χ0) is 15.6. The van der Waals surface area contributed by atoms with Gasteiger partial charge in [0, 0.05) is 28.8 Å². The first-order valence-electron chi connectivity index (χ1n) is 6.13. The fourth-order valence-corrected chi connectivity index (χ4v) is 2.42.